The lowest BCUT2D eigenvalue weighted by Gasteiger charge is -2.21. The maximum Gasteiger partial charge on any atom is 0.166 e. The van der Waals surface area contributed by atoms with Gasteiger partial charge in [-0.25, -0.2) is 0 Å². The van der Waals surface area contributed by atoms with E-state index in [-0.39, 0.29) is 0 Å². The summed E-state index contributed by atoms with van der Waals surface area (Å²) in [6, 6.07) is 3.81. The van der Waals surface area contributed by atoms with Gasteiger partial charge in [0.05, 0.1) is 0 Å². The Labute approximate surface area is 85.0 Å². The molecule has 1 aromatic rings. The topological polar surface area (TPSA) is 44.5 Å². The summed E-state index contributed by atoms with van der Waals surface area (Å²) in [6.07, 6.45) is 0. The highest BCUT2D eigenvalue weighted by atomic mass is 79.9. The van der Waals surface area contributed by atoms with Crippen LogP contribution in [0.3, 0.4) is 0 Å². The van der Waals surface area contributed by atoms with Gasteiger partial charge in [-0.1, -0.05) is 15.9 Å². The first-order chi connectivity index (χ1) is 6.33. The molecule has 0 saturated heterocycles. The first kappa shape index (κ1) is 8.84. The molecule has 0 bridgehead atoms. The average molecular weight is 244 g/mol. The molecular weight excluding hydrogens is 234 g/mol. The van der Waals surface area contributed by atoms with Crippen LogP contribution in [-0.4, -0.2) is 13.2 Å². The molecule has 0 amide bonds. The zero-order valence-electron chi connectivity index (χ0n) is 7.05. The average Bonchev–Trinajstić information content (AvgIpc) is 2.18. The van der Waals surface area contributed by atoms with Gasteiger partial charge in [0.25, 0.3) is 0 Å². The van der Waals surface area contributed by atoms with Crippen molar-refractivity contribution < 1.29 is 9.47 Å². The second-order valence-electron chi connectivity index (χ2n) is 2.75. The molecule has 0 unspecified atom stereocenters. The van der Waals surface area contributed by atoms with E-state index in [4.69, 9.17) is 15.2 Å². The number of hydrogen-bond donors (Lipinski definition) is 1. The van der Waals surface area contributed by atoms with Crippen molar-refractivity contribution in [3.63, 3.8) is 0 Å². The van der Waals surface area contributed by atoms with E-state index < -0.39 is 0 Å². The molecule has 1 aliphatic heterocycles. The minimum Gasteiger partial charge on any atom is -0.486 e. The summed E-state index contributed by atoms with van der Waals surface area (Å²) in [5.41, 5.74) is 6.58. The largest absolute Gasteiger partial charge is 0.486 e. The fourth-order valence-electron chi connectivity index (χ4n) is 1.34. The lowest BCUT2D eigenvalue weighted by Crippen LogP contribution is -2.17. The summed E-state index contributed by atoms with van der Waals surface area (Å²) in [5.74, 6) is 1.57. The van der Waals surface area contributed by atoms with E-state index in [1.165, 1.54) is 0 Å². The first-order valence-corrected chi connectivity index (χ1v) is 4.89. The van der Waals surface area contributed by atoms with Crippen LogP contribution >= 0.6 is 15.9 Å². The van der Waals surface area contributed by atoms with Crippen LogP contribution in [0.2, 0.25) is 0 Å². The Hall–Kier alpha value is -0.740. The summed E-state index contributed by atoms with van der Waals surface area (Å²) in [6.45, 7) is 1.65. The van der Waals surface area contributed by atoms with Crippen molar-refractivity contribution >= 4 is 15.9 Å². The molecule has 2 rings (SSSR count). The Bertz CT molecular complexity index is 328. The van der Waals surface area contributed by atoms with Gasteiger partial charge >= 0.3 is 0 Å². The Morgan fingerprint density at radius 2 is 2.08 bits per heavy atom. The van der Waals surface area contributed by atoms with Gasteiger partial charge in [0.15, 0.2) is 11.5 Å². The van der Waals surface area contributed by atoms with Crippen molar-refractivity contribution in [1.29, 1.82) is 0 Å². The van der Waals surface area contributed by atoms with E-state index >= 15 is 0 Å². The third-order valence-corrected chi connectivity index (χ3v) is 2.70. The second-order valence-corrected chi connectivity index (χ2v) is 3.61. The molecule has 70 valence electrons. The fourth-order valence-corrected chi connectivity index (χ4v) is 1.81. The number of ether oxygens (including phenoxy) is 2. The molecular formula is C9H10BrNO2. The molecule has 0 aromatic heterocycles. The van der Waals surface area contributed by atoms with Crippen LogP contribution < -0.4 is 15.2 Å². The Morgan fingerprint density at radius 1 is 1.31 bits per heavy atom. The van der Waals surface area contributed by atoms with Crippen LogP contribution in [-0.2, 0) is 6.54 Å². The van der Waals surface area contributed by atoms with Gasteiger partial charge in [-0.2, -0.15) is 0 Å². The predicted octanol–water partition coefficient (Wildman–Crippen LogP) is 1.68. The standard InChI is InChI=1S/C9H10BrNO2/c10-7-1-2-8-9(6(7)5-11)13-4-3-12-8/h1-2H,3-5,11H2. The molecule has 0 fully saturated rings. The molecule has 1 heterocycles. The summed E-state index contributed by atoms with van der Waals surface area (Å²) in [7, 11) is 0. The molecule has 13 heavy (non-hydrogen) atoms. The van der Waals surface area contributed by atoms with Crippen LogP contribution in [0.15, 0.2) is 16.6 Å². The number of rotatable bonds is 1. The van der Waals surface area contributed by atoms with Crippen LogP contribution in [0.5, 0.6) is 11.5 Å². The van der Waals surface area contributed by atoms with Crippen molar-refractivity contribution in [1.82, 2.24) is 0 Å². The number of nitrogens with two attached hydrogens (primary N) is 1. The molecule has 2 N–H and O–H groups in total. The summed E-state index contributed by atoms with van der Waals surface area (Å²) < 4.78 is 11.9. The van der Waals surface area contributed by atoms with Gasteiger partial charge in [0.1, 0.15) is 13.2 Å². The van der Waals surface area contributed by atoms with Crippen LogP contribution in [0.1, 0.15) is 5.56 Å². The molecule has 3 nitrogen and oxygen atoms in total. The van der Waals surface area contributed by atoms with Crippen molar-refractivity contribution in [3.8, 4) is 11.5 Å². The normalized spacial score (nSPS) is 14.3. The zero-order valence-corrected chi connectivity index (χ0v) is 8.63. The highest BCUT2D eigenvalue weighted by Gasteiger charge is 2.16. The molecule has 0 atom stereocenters. The van der Waals surface area contributed by atoms with Gasteiger partial charge in [-0.3, -0.25) is 0 Å². The summed E-state index contributed by atoms with van der Waals surface area (Å²) in [4.78, 5) is 0. The molecule has 0 saturated carbocycles. The third kappa shape index (κ3) is 1.51. The minimum atomic E-state index is 0.452. The van der Waals surface area contributed by atoms with E-state index in [1.807, 2.05) is 12.1 Å². The van der Waals surface area contributed by atoms with Gasteiger partial charge in [-0.15, -0.1) is 0 Å². The molecule has 1 aromatic carbocycles. The third-order valence-electron chi connectivity index (χ3n) is 1.96. The molecule has 1 aliphatic rings. The Kier molecular flexibility index (Phi) is 2.42. The van der Waals surface area contributed by atoms with Crippen molar-refractivity contribution in [2.45, 2.75) is 6.54 Å². The van der Waals surface area contributed by atoms with E-state index in [2.05, 4.69) is 15.9 Å². The van der Waals surface area contributed by atoms with E-state index in [0.717, 1.165) is 21.5 Å². The monoisotopic (exact) mass is 243 g/mol. The SMILES string of the molecule is NCc1c(Br)ccc2c1OCCO2. The zero-order chi connectivity index (χ0) is 9.26. The quantitative estimate of drug-likeness (QED) is 0.817. The maximum absolute atomic E-state index is 5.61. The number of fused-ring (bicyclic) bond motifs is 1. The van der Waals surface area contributed by atoms with Crippen LogP contribution in [0.4, 0.5) is 0 Å². The Balaban J connectivity index is 2.52. The predicted molar refractivity (Wildman–Crippen MR) is 53.0 cm³/mol. The van der Waals surface area contributed by atoms with Crippen molar-refractivity contribution in [2.75, 3.05) is 13.2 Å². The summed E-state index contributed by atoms with van der Waals surface area (Å²) >= 11 is 3.42. The van der Waals surface area contributed by atoms with E-state index in [0.29, 0.717) is 19.8 Å². The van der Waals surface area contributed by atoms with E-state index in [1.54, 1.807) is 0 Å². The van der Waals surface area contributed by atoms with Gasteiger partial charge in [0.2, 0.25) is 0 Å². The lowest BCUT2D eigenvalue weighted by atomic mass is 10.2. The van der Waals surface area contributed by atoms with Gasteiger partial charge in [0, 0.05) is 16.6 Å². The molecule has 0 radical (unpaired) electrons. The molecule has 0 spiro atoms. The smallest absolute Gasteiger partial charge is 0.166 e. The summed E-state index contributed by atoms with van der Waals surface area (Å²) in [5, 5.41) is 0. The maximum atomic E-state index is 5.61. The number of hydrogen-bond acceptors (Lipinski definition) is 3. The van der Waals surface area contributed by atoms with E-state index in [9.17, 15) is 0 Å². The van der Waals surface area contributed by atoms with Crippen LogP contribution in [0, 0.1) is 0 Å². The first-order valence-electron chi connectivity index (χ1n) is 4.10. The lowest BCUT2D eigenvalue weighted by molar-refractivity contribution is 0.170. The van der Waals surface area contributed by atoms with Crippen LogP contribution in [0.25, 0.3) is 0 Å². The highest BCUT2D eigenvalue weighted by Crippen LogP contribution is 2.37. The second kappa shape index (κ2) is 3.55. The number of benzene rings is 1. The number of halogens is 1. The highest BCUT2D eigenvalue weighted by molar-refractivity contribution is 9.10. The van der Waals surface area contributed by atoms with Crippen molar-refractivity contribution in [3.05, 3.63) is 22.2 Å². The fraction of sp³-hybridized carbons (Fsp3) is 0.333. The molecule has 4 heteroatoms. The van der Waals surface area contributed by atoms with Crippen molar-refractivity contribution in [2.24, 2.45) is 5.73 Å². The van der Waals surface area contributed by atoms with Gasteiger partial charge in [-0.05, 0) is 12.1 Å². The molecule has 0 aliphatic carbocycles. The Morgan fingerprint density at radius 3 is 2.85 bits per heavy atom. The minimum absolute atomic E-state index is 0.452. The van der Waals surface area contributed by atoms with Gasteiger partial charge < -0.3 is 15.2 Å².